The zero-order valence-corrected chi connectivity index (χ0v) is 11.8. The summed E-state index contributed by atoms with van der Waals surface area (Å²) in [7, 11) is 0. The van der Waals surface area contributed by atoms with Gasteiger partial charge in [0.05, 0.1) is 51.2 Å². The van der Waals surface area contributed by atoms with Gasteiger partial charge in [-0.25, -0.2) is 4.79 Å². The van der Waals surface area contributed by atoms with Crippen molar-refractivity contribution in [1.82, 2.24) is 0 Å². The minimum atomic E-state index is -1.07. The van der Waals surface area contributed by atoms with Crippen molar-refractivity contribution in [2.75, 3.05) is 46.2 Å². The van der Waals surface area contributed by atoms with Crippen molar-refractivity contribution in [3.8, 4) is 0 Å². The second-order valence-corrected chi connectivity index (χ2v) is 4.33. The molecule has 0 aliphatic rings. The van der Waals surface area contributed by atoms with E-state index in [1.807, 2.05) is 0 Å². The number of carbonyl (C=O) groups is 1. The quantitative estimate of drug-likeness (QED) is 0.243. The molecule has 0 aromatic heterocycles. The van der Waals surface area contributed by atoms with Gasteiger partial charge in [-0.1, -0.05) is 6.58 Å². The Bertz CT molecular complexity index is 268. The average molecular weight is 292 g/mol. The van der Waals surface area contributed by atoms with Gasteiger partial charge in [0.25, 0.3) is 0 Å². The average Bonchev–Trinajstić information content (AvgIpc) is 2.48. The van der Waals surface area contributed by atoms with Crippen LogP contribution in [-0.4, -0.2) is 73.6 Å². The second kappa shape index (κ2) is 10.8. The van der Waals surface area contributed by atoms with Crippen LogP contribution in [0.15, 0.2) is 12.7 Å². The van der Waals surface area contributed by atoms with E-state index in [0.717, 1.165) is 6.08 Å². The van der Waals surface area contributed by atoms with Gasteiger partial charge in [0, 0.05) is 6.08 Å². The number of aliphatic hydroxyl groups is 3. The lowest BCUT2D eigenvalue weighted by Crippen LogP contribution is -2.45. The Morgan fingerprint density at radius 2 is 1.70 bits per heavy atom. The smallest absolute Gasteiger partial charge is 0.330 e. The molecule has 7 heteroatoms. The van der Waals surface area contributed by atoms with E-state index < -0.39 is 17.5 Å². The first-order chi connectivity index (χ1) is 9.56. The molecular formula is C13H24O7. The highest BCUT2D eigenvalue weighted by molar-refractivity contribution is 5.81. The third-order valence-electron chi connectivity index (χ3n) is 3.04. The van der Waals surface area contributed by atoms with Crippen molar-refractivity contribution in [3.63, 3.8) is 0 Å². The minimum absolute atomic E-state index is 0.133. The summed E-state index contributed by atoms with van der Waals surface area (Å²) in [6.45, 7) is 4.67. The molecule has 0 saturated heterocycles. The van der Waals surface area contributed by atoms with Gasteiger partial charge in [-0.3, -0.25) is 0 Å². The Kier molecular flexibility index (Phi) is 10.2. The van der Waals surface area contributed by atoms with Crippen LogP contribution in [0.4, 0.5) is 0 Å². The third kappa shape index (κ3) is 6.44. The summed E-state index contributed by atoms with van der Waals surface area (Å²) in [6, 6.07) is 0. The van der Waals surface area contributed by atoms with E-state index in [1.165, 1.54) is 0 Å². The van der Waals surface area contributed by atoms with Crippen molar-refractivity contribution < 1.29 is 34.3 Å². The largest absolute Gasteiger partial charge is 0.460 e. The highest BCUT2D eigenvalue weighted by atomic mass is 16.6. The highest BCUT2D eigenvalue weighted by Crippen LogP contribution is 2.22. The van der Waals surface area contributed by atoms with Gasteiger partial charge in [0.15, 0.2) is 0 Å². The van der Waals surface area contributed by atoms with Crippen molar-refractivity contribution in [3.05, 3.63) is 12.7 Å². The number of ether oxygens (including phenoxy) is 3. The zero-order chi connectivity index (χ0) is 15.4. The van der Waals surface area contributed by atoms with Crippen LogP contribution >= 0.6 is 0 Å². The molecule has 1 unspecified atom stereocenters. The van der Waals surface area contributed by atoms with E-state index in [9.17, 15) is 20.1 Å². The van der Waals surface area contributed by atoms with Crippen LogP contribution in [0.5, 0.6) is 0 Å². The molecular weight excluding hydrogens is 268 g/mol. The van der Waals surface area contributed by atoms with E-state index in [2.05, 4.69) is 6.58 Å². The molecule has 0 aromatic rings. The maximum absolute atomic E-state index is 10.7. The van der Waals surface area contributed by atoms with Crippen LogP contribution in [0.3, 0.4) is 0 Å². The SMILES string of the molecule is C=CC(=O)OCCOCCOC(C)C(CO)(CO)CO. The Hall–Kier alpha value is -0.990. The van der Waals surface area contributed by atoms with E-state index in [0.29, 0.717) is 0 Å². The van der Waals surface area contributed by atoms with Gasteiger partial charge in [-0.15, -0.1) is 0 Å². The second-order valence-electron chi connectivity index (χ2n) is 4.33. The monoisotopic (exact) mass is 292 g/mol. The molecule has 0 aliphatic carbocycles. The first kappa shape index (κ1) is 19.0. The molecule has 0 radical (unpaired) electrons. The molecule has 0 heterocycles. The highest BCUT2D eigenvalue weighted by Gasteiger charge is 2.35. The van der Waals surface area contributed by atoms with Gasteiger partial charge < -0.3 is 29.5 Å². The number of aliphatic hydroxyl groups excluding tert-OH is 3. The molecule has 0 spiro atoms. The molecule has 118 valence electrons. The molecule has 0 rings (SSSR count). The molecule has 1 atom stereocenters. The fourth-order valence-corrected chi connectivity index (χ4v) is 1.36. The predicted octanol–water partition coefficient (Wildman–Crippen LogP) is -0.899. The summed E-state index contributed by atoms with van der Waals surface area (Å²) < 4.78 is 15.3. The Balaban J connectivity index is 3.73. The lowest BCUT2D eigenvalue weighted by atomic mass is 9.85. The van der Waals surface area contributed by atoms with Crippen molar-refractivity contribution in [2.24, 2.45) is 5.41 Å². The predicted molar refractivity (Wildman–Crippen MR) is 71.1 cm³/mol. The van der Waals surface area contributed by atoms with Crippen LogP contribution in [0.2, 0.25) is 0 Å². The fraction of sp³-hybridized carbons (Fsp3) is 0.769. The van der Waals surface area contributed by atoms with E-state index >= 15 is 0 Å². The molecule has 20 heavy (non-hydrogen) atoms. The molecule has 3 N–H and O–H groups in total. The lowest BCUT2D eigenvalue weighted by molar-refractivity contribution is -0.139. The maximum Gasteiger partial charge on any atom is 0.330 e. The zero-order valence-electron chi connectivity index (χ0n) is 11.8. The Labute approximate surface area is 118 Å². The number of rotatable bonds is 12. The maximum atomic E-state index is 10.7. The summed E-state index contributed by atoms with van der Waals surface area (Å²) in [5.41, 5.74) is -1.07. The number of hydrogen-bond donors (Lipinski definition) is 3. The fourth-order valence-electron chi connectivity index (χ4n) is 1.36. The standard InChI is InChI=1S/C13H24O7/c1-3-12(17)20-7-5-18-4-6-19-11(2)13(8-14,9-15)10-16/h3,11,14-16H,1,4-10H2,2H3. The van der Waals surface area contributed by atoms with Gasteiger partial charge in [-0.05, 0) is 6.92 Å². The van der Waals surface area contributed by atoms with Crippen LogP contribution in [-0.2, 0) is 19.0 Å². The topological polar surface area (TPSA) is 105 Å². The number of hydrogen-bond acceptors (Lipinski definition) is 7. The summed E-state index contributed by atoms with van der Waals surface area (Å²) in [5, 5.41) is 27.6. The lowest BCUT2D eigenvalue weighted by Gasteiger charge is -2.33. The van der Waals surface area contributed by atoms with E-state index in [-0.39, 0.29) is 46.2 Å². The Morgan fingerprint density at radius 1 is 1.15 bits per heavy atom. The van der Waals surface area contributed by atoms with Crippen molar-refractivity contribution >= 4 is 5.97 Å². The van der Waals surface area contributed by atoms with E-state index in [4.69, 9.17) is 14.2 Å². The van der Waals surface area contributed by atoms with Crippen LogP contribution < -0.4 is 0 Å². The summed E-state index contributed by atoms with van der Waals surface area (Å²) in [6.07, 6.45) is 0.549. The molecule has 0 amide bonds. The van der Waals surface area contributed by atoms with Crippen LogP contribution in [0.1, 0.15) is 6.92 Å². The number of esters is 1. The Morgan fingerprint density at radius 3 is 2.20 bits per heavy atom. The normalized spacial score (nSPS) is 13.0. The van der Waals surface area contributed by atoms with Gasteiger partial charge >= 0.3 is 5.97 Å². The van der Waals surface area contributed by atoms with Gasteiger partial charge in [0.1, 0.15) is 6.61 Å². The molecule has 0 aromatic carbocycles. The molecule has 7 nitrogen and oxygen atoms in total. The van der Waals surface area contributed by atoms with E-state index in [1.54, 1.807) is 6.92 Å². The van der Waals surface area contributed by atoms with Crippen LogP contribution in [0.25, 0.3) is 0 Å². The molecule has 0 bridgehead atoms. The molecule has 0 saturated carbocycles. The summed E-state index contributed by atoms with van der Waals surface area (Å²) in [5.74, 6) is -0.503. The third-order valence-corrected chi connectivity index (χ3v) is 3.04. The summed E-state index contributed by atoms with van der Waals surface area (Å²) >= 11 is 0. The van der Waals surface area contributed by atoms with Crippen LogP contribution in [0, 0.1) is 5.41 Å². The minimum Gasteiger partial charge on any atom is -0.460 e. The van der Waals surface area contributed by atoms with Crippen molar-refractivity contribution in [1.29, 1.82) is 0 Å². The molecule has 0 aliphatic heterocycles. The first-order valence-corrected chi connectivity index (χ1v) is 6.37. The number of carbonyl (C=O) groups excluding carboxylic acids is 1. The van der Waals surface area contributed by atoms with Gasteiger partial charge in [-0.2, -0.15) is 0 Å². The summed E-state index contributed by atoms with van der Waals surface area (Å²) in [4.78, 5) is 10.7. The molecule has 0 fully saturated rings. The first-order valence-electron chi connectivity index (χ1n) is 6.37. The van der Waals surface area contributed by atoms with Crippen molar-refractivity contribution in [2.45, 2.75) is 13.0 Å². The van der Waals surface area contributed by atoms with Gasteiger partial charge in [0.2, 0.25) is 0 Å².